The van der Waals surface area contributed by atoms with Crippen molar-refractivity contribution >= 4 is 110 Å². The van der Waals surface area contributed by atoms with E-state index in [1.54, 1.807) is 60.9 Å². The third kappa shape index (κ3) is 19.5. The van der Waals surface area contributed by atoms with Crippen molar-refractivity contribution in [2.24, 2.45) is 46.5 Å². The molecule has 15 aromatic heterocycles. The van der Waals surface area contributed by atoms with E-state index in [2.05, 4.69) is 71.9 Å². The van der Waals surface area contributed by atoms with E-state index in [4.69, 9.17) is 72.3 Å². The lowest BCUT2D eigenvalue weighted by molar-refractivity contribution is -0.660. The number of aryl methyl sites for hydroxylation is 15. The average Bonchev–Trinajstić information content (AvgIpc) is 1.51. The zero-order chi connectivity index (χ0) is 126. The Morgan fingerprint density at radius 3 is 0.957 bits per heavy atom. The molecule has 2 aliphatic rings. The maximum atomic E-state index is 9.00. The summed E-state index contributed by atoms with van der Waals surface area (Å²) in [6, 6.07) is 56.8. The summed E-state index contributed by atoms with van der Waals surface area (Å²) in [6.45, 7) is 0.968. The predicted octanol–water partition coefficient (Wildman–Crippen LogP) is 29.5. The Hall–Kier alpha value is -13.4. The van der Waals surface area contributed by atoms with E-state index in [1.165, 1.54) is 13.8 Å². The minimum absolute atomic E-state index is 0.00397. The number of hydrogen-bond acceptors (Lipinski definition) is 10. The zero-order valence-corrected chi connectivity index (χ0v) is 81.4. The SMILES string of the molecule is [2H]C([2H])([2H])Cc1ccc(-c2c(C)ccc3c2oc2nc(C(C)(C)C)ccc23)[n+](C)c1.[2H]C([2H])([2H])Cc1ccc(-c2c(C)ccc3c2oc2nc(C4([2H])C([2H])([2H])CCCC4([2H])[2H])ccc23)[n+](C)c1.[2H]C([2H])([2H])Cc1ccc(-c2c(C)ccc3c2oc2nc(C4([2H])CCCC4([2H])[2H])ccc23)[n+](C)c1.[2H]C([2H])([2H])Cc1ccc(-c2c(C)ccc3c2oc2nc(CC(C)(C([2H])([2H])[2H])C([2H])([2H])[2H])ccc23)[n+](C)c1.[2H]C([2H])([2H])Cc1ccc(-c2c(C)ccc3c2oc2nc(CC([2H])(C)C([2H])([2H])[2H])ccc23)[n+](C)c1. The largest absolute Gasteiger partial charge is 0.437 e. The van der Waals surface area contributed by atoms with Crippen molar-refractivity contribution in [2.45, 2.75) is 244 Å². The molecule has 0 bridgehead atoms. The number of pyridine rings is 10. The van der Waals surface area contributed by atoms with Crippen molar-refractivity contribution in [1.82, 2.24) is 24.9 Å². The van der Waals surface area contributed by atoms with Gasteiger partial charge in [-0.1, -0.05) is 182 Å². The van der Waals surface area contributed by atoms with Crippen LogP contribution in [0, 0.1) is 45.9 Å². The summed E-state index contributed by atoms with van der Waals surface area (Å²) >= 11 is 0. The lowest BCUT2D eigenvalue weighted by atomic mass is 9.86. The topological polar surface area (TPSA) is 150 Å². The van der Waals surface area contributed by atoms with Crippen LogP contribution in [0.2, 0.25) is 0 Å². The molecule has 2 atom stereocenters. The minimum Gasteiger partial charge on any atom is -0.437 e. The summed E-state index contributed by atoms with van der Waals surface area (Å²) in [4.78, 5) is 23.0. The summed E-state index contributed by atoms with van der Waals surface area (Å²) < 4.78 is 301. The summed E-state index contributed by atoms with van der Waals surface area (Å²) in [5, 5.41) is 8.48. The van der Waals surface area contributed by atoms with Gasteiger partial charge in [0.25, 0.3) is 0 Å². The molecule has 2 fully saturated rings. The van der Waals surface area contributed by atoms with Gasteiger partial charge in [-0.2, -0.15) is 0 Å². The Labute approximate surface area is 865 Å². The van der Waals surface area contributed by atoms with E-state index in [0.717, 1.165) is 161 Å². The minimum atomic E-state index is -2.71. The van der Waals surface area contributed by atoms with Crippen molar-refractivity contribution in [3.8, 4) is 56.3 Å². The van der Waals surface area contributed by atoms with Crippen LogP contribution in [0.15, 0.2) is 235 Å². The van der Waals surface area contributed by atoms with Gasteiger partial charge in [-0.05, 0) is 235 Å². The summed E-state index contributed by atoms with van der Waals surface area (Å²) in [6.07, 6.45) is 5.03. The van der Waals surface area contributed by atoms with Crippen molar-refractivity contribution in [3.05, 3.63) is 297 Å². The fourth-order valence-corrected chi connectivity index (χ4v) is 19.0. The third-order valence-corrected chi connectivity index (χ3v) is 26.2. The van der Waals surface area contributed by atoms with Crippen LogP contribution in [-0.2, 0) is 85.6 Å². The van der Waals surface area contributed by atoms with Crippen LogP contribution in [0.4, 0.5) is 0 Å². The van der Waals surface area contributed by atoms with Crippen LogP contribution in [0.25, 0.3) is 167 Å². The smallest absolute Gasteiger partial charge is 0.227 e. The number of aromatic nitrogens is 10. The van der Waals surface area contributed by atoms with E-state index in [9.17, 15) is 0 Å². The molecule has 0 N–H and O–H groups in total. The monoisotopic (exact) mass is 1880 g/mol. The molecule has 0 spiro atoms. The number of nitrogens with zero attached hydrogens (tertiary/aromatic N) is 10. The molecule has 0 radical (unpaired) electrons. The Morgan fingerprint density at radius 1 is 0.345 bits per heavy atom. The van der Waals surface area contributed by atoms with Crippen molar-refractivity contribution < 1.29 is 90.2 Å². The van der Waals surface area contributed by atoms with Crippen molar-refractivity contribution in [3.63, 3.8) is 0 Å². The Bertz CT molecular complexity index is 9560. The number of rotatable bonds is 15. The van der Waals surface area contributed by atoms with Gasteiger partial charge in [0, 0.05) is 203 Å². The van der Waals surface area contributed by atoms with Gasteiger partial charge in [-0.15, -0.1) is 0 Å². The van der Waals surface area contributed by atoms with E-state index < -0.39 is 97.0 Å². The number of fused-ring (bicyclic) bond motifs is 15. The molecule has 15 heterocycles. The maximum Gasteiger partial charge on any atom is 0.227 e. The van der Waals surface area contributed by atoms with Crippen molar-refractivity contribution in [2.75, 3.05) is 0 Å². The predicted molar refractivity (Wildman–Crippen MR) is 569 cm³/mol. The zero-order valence-electron chi connectivity index (χ0n) is 114. The molecule has 0 saturated heterocycles. The fourth-order valence-electron chi connectivity index (χ4n) is 19.0. The summed E-state index contributed by atoms with van der Waals surface area (Å²) in [7, 11) is 9.41. The van der Waals surface area contributed by atoms with Crippen LogP contribution in [0.3, 0.4) is 0 Å². The van der Waals surface area contributed by atoms with Gasteiger partial charge >= 0.3 is 0 Å². The van der Waals surface area contributed by atoms with Gasteiger partial charge < -0.3 is 22.1 Å². The second kappa shape index (κ2) is 39.8. The lowest BCUT2D eigenvalue weighted by Crippen LogP contribution is -2.31. The van der Waals surface area contributed by atoms with Gasteiger partial charge in [0.1, 0.15) is 35.2 Å². The van der Waals surface area contributed by atoms with Gasteiger partial charge in [-0.3, -0.25) is 0 Å². The van der Waals surface area contributed by atoms with Gasteiger partial charge in [0.2, 0.25) is 57.0 Å². The highest BCUT2D eigenvalue weighted by atomic mass is 16.4. The molecule has 2 aliphatic carbocycles. The molecule has 20 aromatic rings. The first-order valence-corrected chi connectivity index (χ1v) is 47.1. The van der Waals surface area contributed by atoms with Crippen LogP contribution in [0.1, 0.15) is 288 Å². The number of benzene rings is 5. The molecular weight excluding hydrogens is 1710 g/mol. The Balaban J connectivity index is 0.000000137. The second-order valence-corrected chi connectivity index (χ2v) is 38.0. The molecule has 139 heavy (non-hydrogen) atoms. The fraction of sp³-hybridized carbons (Fsp3) is 0.355. The highest BCUT2D eigenvalue weighted by molar-refractivity contribution is 6.13. The molecule has 5 aromatic carbocycles. The molecule has 710 valence electrons. The first kappa shape index (κ1) is 63.2. The molecule has 0 aliphatic heterocycles. The molecule has 15 heteroatoms. The van der Waals surface area contributed by atoms with E-state index >= 15 is 0 Å². The van der Waals surface area contributed by atoms with Crippen molar-refractivity contribution in [1.29, 1.82) is 0 Å². The van der Waals surface area contributed by atoms with Gasteiger partial charge in [0.15, 0.2) is 58.9 Å². The lowest BCUT2D eigenvalue weighted by Gasteiger charge is -2.20. The standard InChI is InChI=1S/C26H29N2O.C25H27N2O.C25H29N2O.2C24H27N2O/c1-4-18-11-15-23(28(3)16-18)24-17(2)10-12-20-21-13-14-22(19-8-6-5-7-9-19)27-26(21)29-25(20)24;1-4-17-10-14-22(27(3)15-17)23-16(2)9-11-19-20-12-13-21(18-7-5-6-8-18)26-25(20)28-24(19)23;1-7-17-9-13-21(27(6)15-17)22-16(2)8-11-19-20-12-10-18(14-25(3,4)5)26-24(20)28-23(19)22;1-7-16-9-12-19(26(6)14-16)21-15(2)8-10-17-18-11-13-20(24(3,4)5)25-23(18)27-22(17)21;1-6-17-8-12-21(26(5)14-17)22-16(4)7-10-19-20-11-9-18(13-15(2)3)25-24(20)27-23(19)22/h10-16,19H,4-9H2,1-3H3;9-15,18H,4-8H2,1-3H3;8-13,15H,7,14H2,1-6H3;8-14H,7H2,1-6H3;7-12,14-15H,6,13H2,1-5H3/q5*+1/i1D3,8D2,9D2,19D;1D3,7D2,18D;1D3,3D3,4D3;1D3;1D3,2D3,15D. The molecule has 0 amide bonds. The van der Waals surface area contributed by atoms with E-state index in [0.29, 0.717) is 104 Å². The third-order valence-electron chi connectivity index (χ3n) is 26.2. The van der Waals surface area contributed by atoms with E-state index in [-0.39, 0.29) is 74.6 Å². The van der Waals surface area contributed by atoms with Crippen LogP contribution in [-0.4, -0.2) is 24.9 Å². The van der Waals surface area contributed by atoms with Crippen LogP contribution >= 0.6 is 0 Å². The normalized spacial score (nSPS) is 20.3. The molecule has 15 nitrogen and oxygen atoms in total. The molecule has 2 unspecified atom stereocenters. The first-order valence-electron chi connectivity index (χ1n) is 63.6. The van der Waals surface area contributed by atoms with Crippen LogP contribution in [0.5, 0.6) is 0 Å². The average molecular weight is 1880 g/mol. The Morgan fingerprint density at radius 2 is 0.640 bits per heavy atom. The molecule has 22 rings (SSSR count). The number of hydrogen-bond donors (Lipinski definition) is 0. The highest BCUT2D eigenvalue weighted by Gasteiger charge is 2.31. The summed E-state index contributed by atoms with van der Waals surface area (Å²) in [5.74, 6) is -5.22. The van der Waals surface area contributed by atoms with Gasteiger partial charge in [-0.25, -0.2) is 47.8 Å². The highest BCUT2D eigenvalue weighted by Crippen LogP contribution is 2.46. The maximum absolute atomic E-state index is 9.00. The first-order chi connectivity index (χ1) is 79.5. The van der Waals surface area contributed by atoms with Gasteiger partial charge in [0.05, 0.1) is 27.8 Å². The van der Waals surface area contributed by atoms with E-state index in [1.807, 2.05) is 214 Å². The second-order valence-electron chi connectivity index (χ2n) is 38.0. The molecule has 2 saturated carbocycles. The summed E-state index contributed by atoms with van der Waals surface area (Å²) in [5.41, 5.74) is 22.9. The number of furan rings is 5. The quantitative estimate of drug-likeness (QED) is 0.0908. The molecular formula is C124H139N10O5+5. The van der Waals surface area contributed by atoms with Crippen LogP contribution < -0.4 is 22.8 Å². The Kier molecular flexibility index (Phi) is 18.1.